The molecule has 0 bridgehead atoms. The maximum atomic E-state index is 12.5. The molecule has 1 unspecified atom stereocenters. The van der Waals surface area contributed by atoms with E-state index in [4.69, 9.17) is 4.74 Å². The molecule has 2 heterocycles. The average Bonchev–Trinajstić information content (AvgIpc) is 2.94. The fraction of sp³-hybridized carbons (Fsp3) is 0.438. The SMILES string of the molecule is CN(CC1CCCOC1)C(=O)c1ccc2cc[nH]c2c1. The van der Waals surface area contributed by atoms with Crippen LogP contribution in [0.3, 0.4) is 0 Å². The van der Waals surface area contributed by atoms with Gasteiger partial charge in [-0.2, -0.15) is 0 Å². The molecule has 20 heavy (non-hydrogen) atoms. The van der Waals surface area contributed by atoms with Gasteiger partial charge in [-0.25, -0.2) is 0 Å². The molecule has 3 rings (SSSR count). The number of nitrogens with zero attached hydrogens (tertiary/aromatic N) is 1. The maximum absolute atomic E-state index is 12.5. The van der Waals surface area contributed by atoms with Crippen LogP contribution in [0, 0.1) is 5.92 Å². The van der Waals surface area contributed by atoms with E-state index >= 15 is 0 Å². The first kappa shape index (κ1) is 13.2. The number of aromatic nitrogens is 1. The topological polar surface area (TPSA) is 45.3 Å². The van der Waals surface area contributed by atoms with Gasteiger partial charge in [-0.05, 0) is 42.3 Å². The summed E-state index contributed by atoms with van der Waals surface area (Å²) in [5, 5.41) is 1.13. The van der Waals surface area contributed by atoms with E-state index in [2.05, 4.69) is 4.98 Å². The molecule has 1 N–H and O–H groups in total. The molecule has 1 atom stereocenters. The van der Waals surface area contributed by atoms with Crippen LogP contribution in [-0.2, 0) is 4.74 Å². The lowest BCUT2D eigenvalue weighted by atomic mass is 10.0. The van der Waals surface area contributed by atoms with Gasteiger partial charge in [0.2, 0.25) is 0 Å². The van der Waals surface area contributed by atoms with Gasteiger partial charge in [0.05, 0.1) is 6.61 Å². The highest BCUT2D eigenvalue weighted by Crippen LogP contribution is 2.18. The van der Waals surface area contributed by atoms with Gasteiger partial charge in [-0.1, -0.05) is 6.07 Å². The molecule has 0 saturated carbocycles. The fourth-order valence-corrected chi connectivity index (χ4v) is 2.82. The molecule has 1 saturated heterocycles. The van der Waals surface area contributed by atoms with E-state index in [9.17, 15) is 4.79 Å². The third kappa shape index (κ3) is 2.70. The molecule has 1 fully saturated rings. The Morgan fingerprint density at radius 1 is 1.45 bits per heavy atom. The molecule has 1 aromatic carbocycles. The van der Waals surface area contributed by atoms with Crippen molar-refractivity contribution in [3.8, 4) is 0 Å². The van der Waals surface area contributed by atoms with Crippen molar-refractivity contribution >= 4 is 16.8 Å². The second kappa shape index (κ2) is 5.67. The summed E-state index contributed by atoms with van der Waals surface area (Å²) in [7, 11) is 1.87. The van der Waals surface area contributed by atoms with Crippen molar-refractivity contribution in [2.24, 2.45) is 5.92 Å². The van der Waals surface area contributed by atoms with Gasteiger partial charge in [-0.15, -0.1) is 0 Å². The van der Waals surface area contributed by atoms with Crippen molar-refractivity contribution in [1.82, 2.24) is 9.88 Å². The van der Waals surface area contributed by atoms with Crippen LogP contribution >= 0.6 is 0 Å². The molecule has 0 spiro atoms. The van der Waals surface area contributed by atoms with Crippen LogP contribution in [0.2, 0.25) is 0 Å². The third-order valence-corrected chi connectivity index (χ3v) is 3.94. The molecule has 1 aliphatic rings. The Morgan fingerprint density at radius 3 is 3.15 bits per heavy atom. The predicted octanol–water partition coefficient (Wildman–Crippen LogP) is 2.67. The van der Waals surface area contributed by atoms with Gasteiger partial charge in [0.25, 0.3) is 5.91 Å². The highest BCUT2D eigenvalue weighted by Gasteiger charge is 2.19. The molecule has 2 aromatic rings. The highest BCUT2D eigenvalue weighted by atomic mass is 16.5. The van der Waals surface area contributed by atoms with Crippen molar-refractivity contribution in [1.29, 1.82) is 0 Å². The van der Waals surface area contributed by atoms with E-state index in [0.29, 0.717) is 5.92 Å². The van der Waals surface area contributed by atoms with Crippen LogP contribution < -0.4 is 0 Å². The Morgan fingerprint density at radius 2 is 2.35 bits per heavy atom. The van der Waals surface area contributed by atoms with E-state index < -0.39 is 0 Å². The molecule has 106 valence electrons. The van der Waals surface area contributed by atoms with Crippen LogP contribution in [0.15, 0.2) is 30.5 Å². The molecular weight excluding hydrogens is 252 g/mol. The number of hydrogen-bond acceptors (Lipinski definition) is 2. The maximum Gasteiger partial charge on any atom is 0.253 e. The molecular formula is C16H20N2O2. The normalized spacial score (nSPS) is 19.1. The fourth-order valence-electron chi connectivity index (χ4n) is 2.82. The Balaban J connectivity index is 1.70. The first-order valence-electron chi connectivity index (χ1n) is 7.14. The Bertz CT molecular complexity index is 599. The van der Waals surface area contributed by atoms with E-state index in [-0.39, 0.29) is 5.91 Å². The molecule has 4 heteroatoms. The second-order valence-corrected chi connectivity index (χ2v) is 5.55. The molecule has 0 aliphatic carbocycles. The number of carbonyl (C=O) groups excluding carboxylic acids is 1. The zero-order valence-electron chi connectivity index (χ0n) is 11.8. The van der Waals surface area contributed by atoms with Crippen LogP contribution in [0.4, 0.5) is 0 Å². The van der Waals surface area contributed by atoms with Crippen molar-refractivity contribution in [3.05, 3.63) is 36.0 Å². The van der Waals surface area contributed by atoms with E-state index in [1.54, 1.807) is 0 Å². The van der Waals surface area contributed by atoms with E-state index in [1.807, 2.05) is 42.4 Å². The number of nitrogens with one attached hydrogen (secondary N) is 1. The average molecular weight is 272 g/mol. The molecule has 1 aromatic heterocycles. The Kier molecular flexibility index (Phi) is 3.74. The lowest BCUT2D eigenvalue weighted by Crippen LogP contribution is -2.35. The van der Waals surface area contributed by atoms with Gasteiger partial charge < -0.3 is 14.6 Å². The summed E-state index contributed by atoms with van der Waals surface area (Å²) in [6.07, 6.45) is 4.14. The summed E-state index contributed by atoms with van der Waals surface area (Å²) in [6, 6.07) is 7.81. The number of ether oxygens (including phenoxy) is 1. The lowest BCUT2D eigenvalue weighted by Gasteiger charge is -2.27. The van der Waals surface area contributed by atoms with E-state index in [1.165, 1.54) is 0 Å². The van der Waals surface area contributed by atoms with Gasteiger partial charge in [0.1, 0.15) is 0 Å². The standard InChI is InChI=1S/C16H20N2O2/c1-18(10-12-3-2-8-20-11-12)16(19)14-5-4-13-6-7-17-15(13)9-14/h4-7,9,12,17H,2-3,8,10-11H2,1H3. The molecule has 1 amide bonds. The van der Waals surface area contributed by atoms with Crippen LogP contribution in [-0.4, -0.2) is 42.6 Å². The number of H-pyrrole nitrogens is 1. The number of aromatic amines is 1. The van der Waals surface area contributed by atoms with Gasteiger partial charge in [0.15, 0.2) is 0 Å². The number of amides is 1. The zero-order chi connectivity index (χ0) is 13.9. The number of fused-ring (bicyclic) bond motifs is 1. The summed E-state index contributed by atoms with van der Waals surface area (Å²) >= 11 is 0. The van der Waals surface area contributed by atoms with Gasteiger partial charge in [0, 0.05) is 37.5 Å². The first-order chi connectivity index (χ1) is 9.74. The Hall–Kier alpha value is -1.81. The zero-order valence-corrected chi connectivity index (χ0v) is 11.8. The van der Waals surface area contributed by atoms with Gasteiger partial charge in [-0.3, -0.25) is 4.79 Å². The molecule has 1 aliphatic heterocycles. The van der Waals surface area contributed by atoms with Crippen molar-refractivity contribution in [2.75, 3.05) is 26.8 Å². The smallest absolute Gasteiger partial charge is 0.253 e. The number of benzene rings is 1. The predicted molar refractivity (Wildman–Crippen MR) is 78.8 cm³/mol. The quantitative estimate of drug-likeness (QED) is 0.933. The monoisotopic (exact) mass is 272 g/mol. The van der Waals surface area contributed by atoms with Crippen LogP contribution in [0.1, 0.15) is 23.2 Å². The summed E-state index contributed by atoms with van der Waals surface area (Å²) in [6.45, 7) is 2.40. The minimum atomic E-state index is 0.0760. The van der Waals surface area contributed by atoms with Crippen molar-refractivity contribution < 1.29 is 9.53 Å². The summed E-state index contributed by atoms with van der Waals surface area (Å²) < 4.78 is 5.47. The summed E-state index contributed by atoms with van der Waals surface area (Å²) in [5.41, 5.74) is 1.74. The number of rotatable bonds is 3. The minimum Gasteiger partial charge on any atom is -0.381 e. The highest BCUT2D eigenvalue weighted by molar-refractivity contribution is 5.97. The third-order valence-electron chi connectivity index (χ3n) is 3.94. The molecule has 0 radical (unpaired) electrons. The van der Waals surface area contributed by atoms with E-state index in [0.717, 1.165) is 49.1 Å². The van der Waals surface area contributed by atoms with Crippen LogP contribution in [0.25, 0.3) is 10.9 Å². The second-order valence-electron chi connectivity index (χ2n) is 5.55. The Labute approximate surface area is 118 Å². The minimum absolute atomic E-state index is 0.0760. The molecule has 4 nitrogen and oxygen atoms in total. The van der Waals surface area contributed by atoms with Gasteiger partial charge >= 0.3 is 0 Å². The first-order valence-corrected chi connectivity index (χ1v) is 7.14. The number of hydrogen-bond donors (Lipinski definition) is 1. The summed E-state index contributed by atoms with van der Waals surface area (Å²) in [4.78, 5) is 17.4. The summed E-state index contributed by atoms with van der Waals surface area (Å²) in [5.74, 6) is 0.541. The van der Waals surface area contributed by atoms with Crippen molar-refractivity contribution in [3.63, 3.8) is 0 Å². The largest absolute Gasteiger partial charge is 0.381 e. The van der Waals surface area contributed by atoms with Crippen molar-refractivity contribution in [2.45, 2.75) is 12.8 Å². The lowest BCUT2D eigenvalue weighted by molar-refractivity contribution is 0.0388. The number of carbonyl (C=O) groups is 1. The van der Waals surface area contributed by atoms with Crippen LogP contribution in [0.5, 0.6) is 0 Å².